The van der Waals surface area contributed by atoms with Crippen molar-refractivity contribution in [3.63, 3.8) is 0 Å². The van der Waals surface area contributed by atoms with Gasteiger partial charge in [0.05, 0.1) is 17.5 Å². The zero-order valence-electron chi connectivity index (χ0n) is 8.40. The van der Waals surface area contributed by atoms with Gasteiger partial charge in [-0.25, -0.2) is 4.98 Å². The number of aromatic nitrogens is 1. The maximum Gasteiger partial charge on any atom is 0.156 e. The summed E-state index contributed by atoms with van der Waals surface area (Å²) in [6.07, 6.45) is 5.00. The van der Waals surface area contributed by atoms with Gasteiger partial charge in [0.25, 0.3) is 0 Å². The Morgan fingerprint density at radius 1 is 1.71 bits per heavy atom. The summed E-state index contributed by atoms with van der Waals surface area (Å²) < 4.78 is 0. The van der Waals surface area contributed by atoms with Crippen molar-refractivity contribution < 1.29 is 4.79 Å². The van der Waals surface area contributed by atoms with Crippen molar-refractivity contribution in [2.45, 2.75) is 38.6 Å². The minimum atomic E-state index is -0.307. The molecule has 0 amide bonds. The molecule has 1 aromatic rings. The lowest BCUT2D eigenvalue weighted by Crippen LogP contribution is -2.31. The van der Waals surface area contributed by atoms with Gasteiger partial charge in [-0.05, 0) is 6.42 Å². The topological polar surface area (TPSA) is 56.0 Å². The van der Waals surface area contributed by atoms with E-state index in [9.17, 15) is 4.79 Å². The zero-order valence-corrected chi connectivity index (χ0v) is 9.22. The van der Waals surface area contributed by atoms with Crippen LogP contribution >= 0.6 is 11.3 Å². The van der Waals surface area contributed by atoms with Crippen LogP contribution in [0.25, 0.3) is 0 Å². The molecule has 1 atom stereocenters. The van der Waals surface area contributed by atoms with Gasteiger partial charge in [-0.3, -0.25) is 4.79 Å². The summed E-state index contributed by atoms with van der Waals surface area (Å²) in [5.41, 5.74) is 5.75. The standard InChI is InChI=1S/C10H16N2OS/c1-2-3-4-8(11)9(13)7-10-12-5-6-14-10/h5-6,8H,2-4,7,11H2,1H3. The SMILES string of the molecule is CCCCC(N)C(=O)Cc1nccs1. The second kappa shape index (κ2) is 5.88. The number of hydrogen-bond acceptors (Lipinski definition) is 4. The summed E-state index contributed by atoms with van der Waals surface area (Å²) >= 11 is 1.50. The van der Waals surface area contributed by atoms with Gasteiger partial charge >= 0.3 is 0 Å². The van der Waals surface area contributed by atoms with Crippen LogP contribution in [0.3, 0.4) is 0 Å². The van der Waals surface area contributed by atoms with Crippen LogP contribution in [0.5, 0.6) is 0 Å². The molecule has 0 aliphatic carbocycles. The third-order valence-electron chi connectivity index (χ3n) is 2.09. The Balaban J connectivity index is 2.34. The average Bonchev–Trinajstić information content (AvgIpc) is 2.66. The van der Waals surface area contributed by atoms with E-state index in [4.69, 9.17) is 5.73 Å². The second-order valence-corrected chi connectivity index (χ2v) is 4.30. The number of unbranched alkanes of at least 4 members (excludes halogenated alkanes) is 1. The molecule has 2 N–H and O–H groups in total. The monoisotopic (exact) mass is 212 g/mol. The third kappa shape index (κ3) is 3.55. The average molecular weight is 212 g/mol. The molecule has 1 aromatic heterocycles. The number of rotatable bonds is 6. The van der Waals surface area contributed by atoms with Crippen LogP contribution in [-0.2, 0) is 11.2 Å². The van der Waals surface area contributed by atoms with E-state index in [2.05, 4.69) is 11.9 Å². The maximum absolute atomic E-state index is 11.6. The Hall–Kier alpha value is -0.740. The predicted molar refractivity (Wildman–Crippen MR) is 58.3 cm³/mol. The van der Waals surface area contributed by atoms with Crippen molar-refractivity contribution in [3.8, 4) is 0 Å². The fourth-order valence-corrected chi connectivity index (χ4v) is 1.83. The van der Waals surface area contributed by atoms with Crippen LogP contribution in [0.1, 0.15) is 31.2 Å². The van der Waals surface area contributed by atoms with Crippen molar-refractivity contribution >= 4 is 17.1 Å². The number of hydrogen-bond donors (Lipinski definition) is 1. The van der Waals surface area contributed by atoms with Crippen LogP contribution in [-0.4, -0.2) is 16.8 Å². The van der Waals surface area contributed by atoms with Crippen molar-refractivity contribution in [1.82, 2.24) is 4.98 Å². The Morgan fingerprint density at radius 3 is 3.07 bits per heavy atom. The fourth-order valence-electron chi connectivity index (χ4n) is 1.21. The van der Waals surface area contributed by atoms with Gasteiger partial charge in [-0.1, -0.05) is 19.8 Å². The molecule has 0 saturated carbocycles. The number of thiazole rings is 1. The normalized spacial score (nSPS) is 12.7. The molecule has 0 spiro atoms. The van der Waals surface area contributed by atoms with Gasteiger partial charge in [0.1, 0.15) is 0 Å². The fraction of sp³-hybridized carbons (Fsp3) is 0.600. The molecular formula is C10H16N2OS. The molecule has 1 unspecified atom stereocenters. The Labute approximate surface area is 88.3 Å². The van der Waals surface area contributed by atoms with E-state index in [1.165, 1.54) is 11.3 Å². The molecule has 0 radical (unpaired) electrons. The van der Waals surface area contributed by atoms with Gasteiger partial charge in [0.2, 0.25) is 0 Å². The minimum Gasteiger partial charge on any atom is -0.321 e. The van der Waals surface area contributed by atoms with Crippen LogP contribution in [0.15, 0.2) is 11.6 Å². The van der Waals surface area contributed by atoms with E-state index in [0.717, 1.165) is 24.3 Å². The summed E-state index contributed by atoms with van der Waals surface area (Å²) in [7, 11) is 0. The van der Waals surface area contributed by atoms with E-state index in [0.29, 0.717) is 6.42 Å². The van der Waals surface area contributed by atoms with E-state index in [1.54, 1.807) is 6.20 Å². The molecule has 1 heterocycles. The Bertz CT molecular complexity index is 272. The molecular weight excluding hydrogens is 196 g/mol. The van der Waals surface area contributed by atoms with Gasteiger partial charge in [-0.2, -0.15) is 0 Å². The molecule has 0 aromatic carbocycles. The lowest BCUT2D eigenvalue weighted by Gasteiger charge is -2.07. The highest BCUT2D eigenvalue weighted by molar-refractivity contribution is 7.09. The van der Waals surface area contributed by atoms with Gasteiger partial charge in [0.15, 0.2) is 5.78 Å². The molecule has 0 bridgehead atoms. The molecule has 0 aliphatic rings. The molecule has 1 rings (SSSR count). The van der Waals surface area contributed by atoms with Crippen LogP contribution in [0, 0.1) is 0 Å². The summed E-state index contributed by atoms with van der Waals surface area (Å²) in [5, 5.41) is 2.74. The smallest absolute Gasteiger partial charge is 0.156 e. The quantitative estimate of drug-likeness (QED) is 0.782. The van der Waals surface area contributed by atoms with Crippen LogP contribution in [0.2, 0.25) is 0 Å². The van der Waals surface area contributed by atoms with Gasteiger partial charge in [0, 0.05) is 11.6 Å². The number of nitrogens with zero attached hydrogens (tertiary/aromatic N) is 1. The van der Waals surface area contributed by atoms with Crippen molar-refractivity contribution in [2.75, 3.05) is 0 Å². The lowest BCUT2D eigenvalue weighted by molar-refractivity contribution is -0.119. The number of nitrogens with two attached hydrogens (primary N) is 1. The number of ketones is 1. The van der Waals surface area contributed by atoms with Crippen LogP contribution in [0.4, 0.5) is 0 Å². The summed E-state index contributed by atoms with van der Waals surface area (Å²) in [5.74, 6) is 0.105. The zero-order chi connectivity index (χ0) is 10.4. The first kappa shape index (κ1) is 11.3. The number of carbonyl (C=O) groups is 1. The molecule has 0 fully saturated rings. The van der Waals surface area contributed by atoms with Crippen molar-refractivity contribution in [3.05, 3.63) is 16.6 Å². The highest BCUT2D eigenvalue weighted by Crippen LogP contribution is 2.08. The minimum absolute atomic E-state index is 0.105. The summed E-state index contributed by atoms with van der Waals surface area (Å²) in [4.78, 5) is 15.6. The Morgan fingerprint density at radius 2 is 2.50 bits per heavy atom. The predicted octanol–water partition coefficient (Wildman–Crippen LogP) is 1.77. The van der Waals surface area contributed by atoms with Crippen molar-refractivity contribution in [1.29, 1.82) is 0 Å². The maximum atomic E-state index is 11.6. The highest BCUT2D eigenvalue weighted by Gasteiger charge is 2.14. The molecule has 3 nitrogen and oxygen atoms in total. The van der Waals surface area contributed by atoms with Crippen molar-refractivity contribution in [2.24, 2.45) is 5.73 Å². The summed E-state index contributed by atoms with van der Waals surface area (Å²) in [6.45, 7) is 2.10. The van der Waals surface area contributed by atoms with E-state index in [-0.39, 0.29) is 11.8 Å². The van der Waals surface area contributed by atoms with Crippen LogP contribution < -0.4 is 5.73 Å². The third-order valence-corrected chi connectivity index (χ3v) is 2.87. The van der Waals surface area contributed by atoms with E-state index < -0.39 is 0 Å². The largest absolute Gasteiger partial charge is 0.321 e. The number of Topliss-reactive ketones (excluding diaryl/α,β-unsaturated/α-hetero) is 1. The molecule has 4 heteroatoms. The Kier molecular flexibility index (Phi) is 4.76. The highest BCUT2D eigenvalue weighted by atomic mass is 32.1. The lowest BCUT2D eigenvalue weighted by atomic mass is 10.0. The van der Waals surface area contributed by atoms with E-state index >= 15 is 0 Å². The van der Waals surface area contributed by atoms with Gasteiger partial charge in [-0.15, -0.1) is 11.3 Å². The molecule has 0 saturated heterocycles. The molecule has 14 heavy (non-hydrogen) atoms. The van der Waals surface area contributed by atoms with E-state index in [1.807, 2.05) is 5.38 Å². The molecule has 0 aliphatic heterocycles. The second-order valence-electron chi connectivity index (χ2n) is 3.32. The first-order valence-corrected chi connectivity index (χ1v) is 5.78. The molecule has 78 valence electrons. The first-order chi connectivity index (χ1) is 6.74. The number of carbonyl (C=O) groups excluding carboxylic acids is 1. The summed E-state index contributed by atoms with van der Waals surface area (Å²) in [6, 6.07) is -0.307. The first-order valence-electron chi connectivity index (χ1n) is 4.90. The van der Waals surface area contributed by atoms with Gasteiger partial charge < -0.3 is 5.73 Å².